The van der Waals surface area contributed by atoms with Gasteiger partial charge in [-0.05, 0) is 31.6 Å². The Kier molecular flexibility index (Phi) is 5.20. The summed E-state index contributed by atoms with van der Waals surface area (Å²) in [6, 6.07) is 8.98. The predicted octanol–water partition coefficient (Wildman–Crippen LogP) is 3.07. The summed E-state index contributed by atoms with van der Waals surface area (Å²) >= 11 is 2.06. The highest BCUT2D eigenvalue weighted by atomic mass is 32.2. The third kappa shape index (κ3) is 3.93. The van der Waals surface area contributed by atoms with Gasteiger partial charge in [0.2, 0.25) is 0 Å². The van der Waals surface area contributed by atoms with E-state index in [0.717, 1.165) is 18.9 Å². The van der Waals surface area contributed by atoms with Crippen molar-refractivity contribution >= 4 is 11.8 Å². The Bertz CT molecular complexity index is 337. The van der Waals surface area contributed by atoms with E-state index in [1.54, 1.807) is 0 Å². The van der Waals surface area contributed by atoms with Crippen molar-refractivity contribution in [1.82, 2.24) is 5.32 Å². The Morgan fingerprint density at radius 2 is 2.29 bits per heavy atom. The number of para-hydroxylation sites is 1. The first-order valence-electron chi connectivity index (χ1n) is 6.42. The number of hydrogen-bond donors (Lipinski definition) is 1. The largest absolute Gasteiger partial charge is 0.494 e. The van der Waals surface area contributed by atoms with Crippen LogP contribution in [0.5, 0.6) is 5.75 Å². The average molecular weight is 251 g/mol. The van der Waals surface area contributed by atoms with Gasteiger partial charge >= 0.3 is 0 Å². The molecule has 94 valence electrons. The highest BCUT2D eigenvalue weighted by Gasteiger charge is 2.13. The third-order valence-corrected chi connectivity index (χ3v) is 4.23. The number of hydrogen-bond acceptors (Lipinski definition) is 3. The van der Waals surface area contributed by atoms with Crippen molar-refractivity contribution < 1.29 is 4.74 Å². The molecule has 0 amide bonds. The lowest BCUT2D eigenvalue weighted by molar-refractivity contribution is 0.334. The maximum absolute atomic E-state index is 5.63. The van der Waals surface area contributed by atoms with E-state index in [9.17, 15) is 0 Å². The molecule has 1 saturated heterocycles. The monoisotopic (exact) mass is 251 g/mol. The minimum Gasteiger partial charge on any atom is -0.494 e. The van der Waals surface area contributed by atoms with Crippen molar-refractivity contribution in [3.8, 4) is 5.75 Å². The Morgan fingerprint density at radius 3 is 3.06 bits per heavy atom. The van der Waals surface area contributed by atoms with Crippen molar-refractivity contribution in [2.75, 3.05) is 18.1 Å². The molecule has 2 nitrogen and oxygen atoms in total. The lowest BCUT2D eigenvalue weighted by atomic mass is 10.1. The molecule has 1 aliphatic heterocycles. The molecule has 1 atom stereocenters. The van der Waals surface area contributed by atoms with E-state index in [4.69, 9.17) is 4.74 Å². The smallest absolute Gasteiger partial charge is 0.123 e. The third-order valence-electron chi connectivity index (χ3n) is 3.01. The van der Waals surface area contributed by atoms with E-state index in [1.165, 1.54) is 29.9 Å². The minimum atomic E-state index is 0.670. The molecule has 17 heavy (non-hydrogen) atoms. The first kappa shape index (κ1) is 12.8. The summed E-state index contributed by atoms with van der Waals surface area (Å²) in [5.74, 6) is 3.59. The molecular formula is C14H21NOS. The lowest BCUT2D eigenvalue weighted by Crippen LogP contribution is -2.33. The average Bonchev–Trinajstić information content (AvgIpc) is 2.39. The molecule has 0 aromatic heterocycles. The lowest BCUT2D eigenvalue weighted by Gasteiger charge is -2.23. The van der Waals surface area contributed by atoms with E-state index in [0.29, 0.717) is 6.04 Å². The SMILES string of the molecule is CCOc1ccccc1CNC1CCCSC1. The summed E-state index contributed by atoms with van der Waals surface area (Å²) in [7, 11) is 0. The summed E-state index contributed by atoms with van der Waals surface area (Å²) in [5, 5.41) is 3.64. The normalized spacial score (nSPS) is 20.2. The number of thioether (sulfide) groups is 1. The van der Waals surface area contributed by atoms with Crippen LogP contribution in [0.25, 0.3) is 0 Å². The van der Waals surface area contributed by atoms with Crippen molar-refractivity contribution in [2.45, 2.75) is 32.4 Å². The standard InChI is InChI=1S/C14H21NOS/c1-2-16-14-8-4-3-6-12(14)10-15-13-7-5-9-17-11-13/h3-4,6,8,13,15H,2,5,7,9-11H2,1H3. The molecular weight excluding hydrogens is 230 g/mol. The molecule has 2 rings (SSSR count). The molecule has 1 aliphatic rings. The molecule has 1 unspecified atom stereocenters. The number of ether oxygens (including phenoxy) is 1. The zero-order chi connectivity index (χ0) is 11.9. The van der Waals surface area contributed by atoms with E-state index >= 15 is 0 Å². The molecule has 1 aromatic carbocycles. The predicted molar refractivity (Wildman–Crippen MR) is 74.8 cm³/mol. The van der Waals surface area contributed by atoms with Crippen molar-refractivity contribution in [3.63, 3.8) is 0 Å². The van der Waals surface area contributed by atoms with E-state index in [1.807, 2.05) is 13.0 Å². The maximum Gasteiger partial charge on any atom is 0.123 e. The number of benzene rings is 1. The van der Waals surface area contributed by atoms with Crippen LogP contribution < -0.4 is 10.1 Å². The fourth-order valence-corrected chi connectivity index (χ4v) is 3.21. The molecule has 0 spiro atoms. The van der Waals surface area contributed by atoms with Gasteiger partial charge in [-0.3, -0.25) is 0 Å². The molecule has 0 saturated carbocycles. The van der Waals surface area contributed by atoms with Crippen molar-refractivity contribution in [1.29, 1.82) is 0 Å². The Labute approximate surface area is 108 Å². The van der Waals surface area contributed by atoms with E-state index < -0.39 is 0 Å². The number of rotatable bonds is 5. The summed E-state index contributed by atoms with van der Waals surface area (Å²) in [5.41, 5.74) is 1.27. The van der Waals surface area contributed by atoms with Crippen LogP contribution in [-0.4, -0.2) is 24.2 Å². The van der Waals surface area contributed by atoms with Gasteiger partial charge in [0, 0.05) is 23.9 Å². The van der Waals surface area contributed by atoms with Crippen molar-refractivity contribution in [3.05, 3.63) is 29.8 Å². The maximum atomic E-state index is 5.63. The van der Waals surface area contributed by atoms with Gasteiger partial charge in [-0.1, -0.05) is 18.2 Å². The van der Waals surface area contributed by atoms with Gasteiger partial charge in [0.05, 0.1) is 6.61 Å². The highest BCUT2D eigenvalue weighted by Crippen LogP contribution is 2.20. The van der Waals surface area contributed by atoms with Crippen LogP contribution in [-0.2, 0) is 6.54 Å². The van der Waals surface area contributed by atoms with Crippen LogP contribution in [0.2, 0.25) is 0 Å². The Morgan fingerprint density at radius 1 is 1.41 bits per heavy atom. The van der Waals surface area contributed by atoms with Crippen LogP contribution in [0.1, 0.15) is 25.3 Å². The molecule has 0 bridgehead atoms. The van der Waals surface area contributed by atoms with E-state index in [2.05, 4.69) is 35.3 Å². The van der Waals surface area contributed by atoms with E-state index in [-0.39, 0.29) is 0 Å². The summed E-state index contributed by atoms with van der Waals surface area (Å²) < 4.78 is 5.63. The van der Waals surface area contributed by atoms with Gasteiger partial charge in [-0.15, -0.1) is 0 Å². The molecule has 1 aromatic rings. The summed E-state index contributed by atoms with van der Waals surface area (Å²) in [4.78, 5) is 0. The van der Waals surface area contributed by atoms with Gasteiger partial charge in [0.25, 0.3) is 0 Å². The van der Waals surface area contributed by atoms with Crippen LogP contribution >= 0.6 is 11.8 Å². The summed E-state index contributed by atoms with van der Waals surface area (Å²) in [6.07, 6.45) is 2.65. The second-order valence-corrected chi connectivity index (χ2v) is 5.49. The van der Waals surface area contributed by atoms with Gasteiger partial charge < -0.3 is 10.1 Å². The second kappa shape index (κ2) is 6.92. The first-order chi connectivity index (χ1) is 8.40. The van der Waals surface area contributed by atoms with Crippen LogP contribution in [0.3, 0.4) is 0 Å². The number of nitrogens with one attached hydrogen (secondary N) is 1. The molecule has 0 radical (unpaired) electrons. The molecule has 1 heterocycles. The highest BCUT2D eigenvalue weighted by molar-refractivity contribution is 7.99. The van der Waals surface area contributed by atoms with Gasteiger partial charge in [0.1, 0.15) is 5.75 Å². The first-order valence-corrected chi connectivity index (χ1v) is 7.57. The fraction of sp³-hybridized carbons (Fsp3) is 0.571. The zero-order valence-electron chi connectivity index (χ0n) is 10.4. The minimum absolute atomic E-state index is 0.670. The van der Waals surface area contributed by atoms with Gasteiger partial charge in [-0.2, -0.15) is 11.8 Å². The summed E-state index contributed by atoms with van der Waals surface area (Å²) in [6.45, 7) is 3.68. The molecule has 1 fully saturated rings. The molecule has 1 N–H and O–H groups in total. The fourth-order valence-electron chi connectivity index (χ4n) is 2.10. The van der Waals surface area contributed by atoms with Crippen LogP contribution in [0.4, 0.5) is 0 Å². The van der Waals surface area contributed by atoms with Crippen LogP contribution in [0.15, 0.2) is 24.3 Å². The van der Waals surface area contributed by atoms with Gasteiger partial charge in [0.15, 0.2) is 0 Å². The quantitative estimate of drug-likeness (QED) is 0.869. The zero-order valence-corrected chi connectivity index (χ0v) is 11.3. The Balaban J connectivity index is 1.88. The van der Waals surface area contributed by atoms with Gasteiger partial charge in [-0.25, -0.2) is 0 Å². The topological polar surface area (TPSA) is 21.3 Å². The van der Waals surface area contributed by atoms with Crippen molar-refractivity contribution in [2.24, 2.45) is 0 Å². The van der Waals surface area contributed by atoms with Crippen LogP contribution in [0, 0.1) is 0 Å². The Hall–Kier alpha value is -0.670. The molecule has 0 aliphatic carbocycles. The second-order valence-electron chi connectivity index (χ2n) is 4.34. The molecule has 3 heteroatoms.